The monoisotopic (exact) mass is 302 g/mol. The van der Waals surface area contributed by atoms with E-state index in [1.165, 1.54) is 0 Å². The summed E-state index contributed by atoms with van der Waals surface area (Å²) >= 11 is 0. The zero-order valence-corrected chi connectivity index (χ0v) is 11.6. The largest absolute Gasteiger partial charge is 0.497 e. The summed E-state index contributed by atoms with van der Waals surface area (Å²) in [6.07, 6.45) is 0. The molecule has 3 aromatic rings. The fourth-order valence-corrected chi connectivity index (χ4v) is 2.14. The Balaban J connectivity index is 1.90. The summed E-state index contributed by atoms with van der Waals surface area (Å²) in [5, 5.41) is 3.12. The van der Waals surface area contributed by atoms with Crippen LogP contribution in [0.15, 0.2) is 42.5 Å². The molecule has 0 saturated carbocycles. The second-order valence-electron chi connectivity index (χ2n) is 4.71. The van der Waals surface area contributed by atoms with Crippen LogP contribution in [0.4, 0.5) is 14.5 Å². The van der Waals surface area contributed by atoms with Crippen LogP contribution >= 0.6 is 0 Å². The van der Waals surface area contributed by atoms with Crippen LogP contribution in [0.3, 0.4) is 0 Å². The lowest BCUT2D eigenvalue weighted by molar-refractivity contribution is 0.102. The van der Waals surface area contributed by atoms with Crippen LogP contribution in [0.25, 0.3) is 10.9 Å². The van der Waals surface area contributed by atoms with Crippen molar-refractivity contribution >= 4 is 22.5 Å². The molecule has 112 valence electrons. The van der Waals surface area contributed by atoms with Gasteiger partial charge >= 0.3 is 0 Å². The highest BCUT2D eigenvalue weighted by atomic mass is 19.1. The van der Waals surface area contributed by atoms with Gasteiger partial charge in [0.2, 0.25) is 0 Å². The van der Waals surface area contributed by atoms with Gasteiger partial charge in [0, 0.05) is 17.0 Å². The van der Waals surface area contributed by atoms with Crippen molar-refractivity contribution in [3.63, 3.8) is 0 Å². The van der Waals surface area contributed by atoms with Crippen molar-refractivity contribution in [2.24, 2.45) is 0 Å². The number of methoxy groups -OCH3 is 1. The van der Waals surface area contributed by atoms with Gasteiger partial charge in [-0.05, 0) is 36.4 Å². The van der Waals surface area contributed by atoms with Crippen molar-refractivity contribution in [3.8, 4) is 5.75 Å². The number of ether oxygens (including phenoxy) is 1. The van der Waals surface area contributed by atoms with E-state index < -0.39 is 17.5 Å². The molecule has 0 unspecified atom stereocenters. The van der Waals surface area contributed by atoms with Crippen LogP contribution in [0.1, 0.15) is 10.5 Å². The number of hydrogen-bond donors (Lipinski definition) is 2. The van der Waals surface area contributed by atoms with Crippen LogP contribution in [0.5, 0.6) is 5.75 Å². The van der Waals surface area contributed by atoms with Gasteiger partial charge in [-0.25, -0.2) is 8.78 Å². The third kappa shape index (κ3) is 2.63. The Morgan fingerprint density at radius 2 is 1.95 bits per heavy atom. The summed E-state index contributed by atoms with van der Waals surface area (Å²) in [5.74, 6) is -1.22. The quantitative estimate of drug-likeness (QED) is 0.775. The van der Waals surface area contributed by atoms with Crippen molar-refractivity contribution in [2.45, 2.75) is 0 Å². The Labute approximate surface area is 124 Å². The number of H-pyrrole nitrogens is 1. The number of rotatable bonds is 3. The van der Waals surface area contributed by atoms with E-state index >= 15 is 0 Å². The predicted octanol–water partition coefficient (Wildman–Crippen LogP) is 3.71. The molecule has 0 aliphatic carbocycles. The molecular formula is C16H12F2N2O2. The number of benzene rings is 2. The van der Waals surface area contributed by atoms with E-state index in [2.05, 4.69) is 10.3 Å². The molecule has 0 fully saturated rings. The van der Waals surface area contributed by atoms with Gasteiger partial charge in [-0.3, -0.25) is 4.79 Å². The second-order valence-corrected chi connectivity index (χ2v) is 4.71. The Hall–Kier alpha value is -2.89. The molecule has 4 nitrogen and oxygen atoms in total. The first kappa shape index (κ1) is 14.1. The number of halogens is 2. The van der Waals surface area contributed by atoms with Crippen molar-refractivity contribution in [3.05, 3.63) is 59.8 Å². The van der Waals surface area contributed by atoms with Crippen LogP contribution in [0.2, 0.25) is 0 Å². The molecule has 2 aromatic carbocycles. The number of hydrogen-bond acceptors (Lipinski definition) is 2. The van der Waals surface area contributed by atoms with Crippen LogP contribution in [-0.4, -0.2) is 18.0 Å². The van der Waals surface area contributed by atoms with Crippen molar-refractivity contribution < 1.29 is 18.3 Å². The molecule has 6 heteroatoms. The van der Waals surface area contributed by atoms with Gasteiger partial charge in [0.05, 0.1) is 12.8 Å². The molecule has 0 spiro atoms. The molecule has 1 aromatic heterocycles. The Bertz CT molecular complexity index is 858. The van der Waals surface area contributed by atoms with Crippen molar-refractivity contribution in [2.75, 3.05) is 12.4 Å². The van der Waals surface area contributed by atoms with E-state index in [4.69, 9.17) is 4.74 Å². The molecular weight excluding hydrogens is 290 g/mol. The third-order valence-corrected chi connectivity index (χ3v) is 3.25. The van der Waals surface area contributed by atoms with E-state index in [-0.39, 0.29) is 11.4 Å². The molecule has 0 atom stereocenters. The Kier molecular flexibility index (Phi) is 3.50. The number of carbonyl (C=O) groups excluding carboxylic acids is 1. The van der Waals surface area contributed by atoms with E-state index in [1.54, 1.807) is 31.4 Å². The van der Waals surface area contributed by atoms with E-state index in [0.29, 0.717) is 5.75 Å². The van der Waals surface area contributed by atoms with Gasteiger partial charge in [-0.15, -0.1) is 0 Å². The van der Waals surface area contributed by atoms with Crippen molar-refractivity contribution in [1.82, 2.24) is 4.98 Å². The van der Waals surface area contributed by atoms with Gasteiger partial charge in [0.1, 0.15) is 23.1 Å². The molecule has 0 bridgehead atoms. The highest BCUT2D eigenvalue weighted by molar-refractivity contribution is 6.06. The first-order valence-electron chi connectivity index (χ1n) is 6.50. The first-order valence-corrected chi connectivity index (χ1v) is 6.50. The fourth-order valence-electron chi connectivity index (χ4n) is 2.14. The predicted molar refractivity (Wildman–Crippen MR) is 79.2 cm³/mol. The zero-order chi connectivity index (χ0) is 15.7. The summed E-state index contributed by atoms with van der Waals surface area (Å²) in [6, 6.07) is 9.79. The van der Waals surface area contributed by atoms with E-state index in [9.17, 15) is 13.6 Å². The highest BCUT2D eigenvalue weighted by Gasteiger charge is 2.13. The molecule has 2 N–H and O–H groups in total. The van der Waals surface area contributed by atoms with Crippen LogP contribution in [0, 0.1) is 11.6 Å². The number of anilines is 1. The van der Waals surface area contributed by atoms with E-state index in [1.807, 2.05) is 0 Å². The first-order chi connectivity index (χ1) is 10.6. The molecule has 1 heterocycles. The number of nitrogens with one attached hydrogen (secondary N) is 2. The average molecular weight is 302 g/mol. The van der Waals surface area contributed by atoms with Gasteiger partial charge < -0.3 is 15.0 Å². The molecule has 22 heavy (non-hydrogen) atoms. The normalized spacial score (nSPS) is 10.7. The summed E-state index contributed by atoms with van der Waals surface area (Å²) in [7, 11) is 1.55. The topological polar surface area (TPSA) is 54.1 Å². The number of carbonyl (C=O) groups is 1. The van der Waals surface area contributed by atoms with Crippen LogP contribution in [-0.2, 0) is 0 Å². The maximum atomic E-state index is 13.5. The zero-order valence-electron chi connectivity index (χ0n) is 11.6. The lowest BCUT2D eigenvalue weighted by Crippen LogP contribution is -2.13. The minimum absolute atomic E-state index is 0.207. The molecule has 0 saturated heterocycles. The lowest BCUT2D eigenvalue weighted by Gasteiger charge is -2.05. The van der Waals surface area contributed by atoms with Gasteiger partial charge in [0.25, 0.3) is 5.91 Å². The van der Waals surface area contributed by atoms with Gasteiger partial charge in [0.15, 0.2) is 0 Å². The smallest absolute Gasteiger partial charge is 0.272 e. The maximum absolute atomic E-state index is 13.5. The van der Waals surface area contributed by atoms with E-state index in [0.717, 1.165) is 29.1 Å². The molecule has 0 aliphatic rings. The number of amides is 1. The number of aromatic amines is 1. The van der Waals surface area contributed by atoms with Crippen LogP contribution < -0.4 is 10.1 Å². The Morgan fingerprint density at radius 1 is 1.14 bits per heavy atom. The average Bonchev–Trinajstić information content (AvgIpc) is 2.94. The Morgan fingerprint density at radius 3 is 2.73 bits per heavy atom. The summed E-state index contributed by atoms with van der Waals surface area (Å²) < 4.78 is 31.8. The molecule has 3 rings (SSSR count). The number of aromatic nitrogens is 1. The summed E-state index contributed by atoms with van der Waals surface area (Å²) in [5.41, 5.74) is 0.777. The maximum Gasteiger partial charge on any atom is 0.272 e. The number of fused-ring (bicyclic) bond motifs is 1. The summed E-state index contributed by atoms with van der Waals surface area (Å²) in [6.45, 7) is 0. The van der Waals surface area contributed by atoms with Gasteiger partial charge in [-0.2, -0.15) is 0 Å². The highest BCUT2D eigenvalue weighted by Crippen LogP contribution is 2.22. The minimum Gasteiger partial charge on any atom is -0.497 e. The SMILES string of the molecule is COc1ccc2[nH]c(C(=O)Nc3cc(F)ccc3F)cc2c1. The standard InChI is InChI=1S/C16H12F2N2O2/c1-22-11-3-5-13-9(6-11)7-15(19-13)16(21)20-14-8-10(17)2-4-12(14)18/h2-8,19H,1H3,(H,20,21). The van der Waals surface area contributed by atoms with Crippen molar-refractivity contribution in [1.29, 1.82) is 0 Å². The molecule has 0 radical (unpaired) electrons. The molecule has 0 aliphatic heterocycles. The minimum atomic E-state index is -0.701. The summed E-state index contributed by atoms with van der Waals surface area (Å²) in [4.78, 5) is 15.1. The fraction of sp³-hybridized carbons (Fsp3) is 0.0625. The second kappa shape index (κ2) is 5.48. The van der Waals surface area contributed by atoms with Gasteiger partial charge in [-0.1, -0.05) is 0 Å². The lowest BCUT2D eigenvalue weighted by atomic mass is 10.2. The third-order valence-electron chi connectivity index (χ3n) is 3.25. The molecule has 1 amide bonds.